The van der Waals surface area contributed by atoms with Crippen LogP contribution in [-0.2, 0) is 16.0 Å². The summed E-state index contributed by atoms with van der Waals surface area (Å²) >= 11 is 13.2. The van der Waals surface area contributed by atoms with E-state index in [1.165, 1.54) is 17.3 Å². The number of nitrogens with one attached hydrogen (secondary N) is 1. The highest BCUT2D eigenvalue weighted by atomic mass is 35.5. The maximum absolute atomic E-state index is 12.8. The van der Waals surface area contributed by atoms with Crippen LogP contribution in [0.1, 0.15) is 44.7 Å². The fourth-order valence-electron chi connectivity index (χ4n) is 3.39. The fraction of sp³-hybridized carbons (Fsp3) is 0.346. The van der Waals surface area contributed by atoms with Gasteiger partial charge in [-0.1, -0.05) is 68.0 Å². The summed E-state index contributed by atoms with van der Waals surface area (Å²) < 4.78 is 12.0. The summed E-state index contributed by atoms with van der Waals surface area (Å²) in [6.07, 6.45) is 4.55. The summed E-state index contributed by atoms with van der Waals surface area (Å²) in [4.78, 5) is 27.3. The Balaban J connectivity index is 1.73. The number of anilines is 1. The molecule has 0 spiro atoms. The maximum Gasteiger partial charge on any atom is 0.266 e. The van der Waals surface area contributed by atoms with Crippen molar-refractivity contribution in [2.75, 3.05) is 25.1 Å². The monoisotopic (exact) mass is 532 g/mol. The zero-order valence-corrected chi connectivity index (χ0v) is 22.4. The molecular formula is C26H29ClN2O4S2. The highest BCUT2D eigenvalue weighted by molar-refractivity contribution is 8.26. The molecule has 1 heterocycles. The second kappa shape index (κ2) is 13.0. The first-order chi connectivity index (χ1) is 16.9. The number of thioether (sulfide) groups is 1. The van der Waals surface area contributed by atoms with Gasteiger partial charge in [0, 0.05) is 12.2 Å². The highest BCUT2D eigenvalue weighted by Gasteiger charge is 2.31. The van der Waals surface area contributed by atoms with Crippen molar-refractivity contribution < 1.29 is 19.1 Å². The molecular weight excluding hydrogens is 504 g/mol. The number of amides is 2. The standard InChI is InChI=1S/C26H29ClN2O4S2/c1-4-7-12-29-25(31)22(35-26(29)34)15-18-13-20(27)24(21(14-18)32-6-3)33-16-23(30)28-19-10-8-17(5-2)9-11-19/h8-11,13-15H,4-7,12,16H2,1-3H3,(H,28,30)/b22-15-. The van der Waals surface area contributed by atoms with Crippen LogP contribution >= 0.6 is 35.6 Å². The SMILES string of the molecule is CCCCN1C(=O)/C(=C/c2cc(Cl)c(OCC(=O)Nc3ccc(CC)cc3)c(OCC)c2)SC1=S. The number of benzene rings is 2. The van der Waals surface area contributed by atoms with Crippen molar-refractivity contribution in [2.24, 2.45) is 0 Å². The Bertz CT molecular complexity index is 1120. The van der Waals surface area contributed by atoms with Gasteiger partial charge in [-0.3, -0.25) is 14.5 Å². The van der Waals surface area contributed by atoms with Crippen LogP contribution in [0.3, 0.4) is 0 Å². The summed E-state index contributed by atoms with van der Waals surface area (Å²) in [5.41, 5.74) is 2.57. The minimum Gasteiger partial charge on any atom is -0.490 e. The van der Waals surface area contributed by atoms with E-state index in [4.69, 9.17) is 33.3 Å². The fourth-order valence-corrected chi connectivity index (χ4v) is 4.98. The second-order valence-corrected chi connectivity index (χ2v) is 9.92. The first kappa shape index (κ1) is 27.0. The van der Waals surface area contributed by atoms with Crippen molar-refractivity contribution in [1.82, 2.24) is 4.90 Å². The average Bonchev–Trinajstić information content (AvgIpc) is 3.09. The molecule has 0 bridgehead atoms. The van der Waals surface area contributed by atoms with Crippen molar-refractivity contribution >= 4 is 63.5 Å². The van der Waals surface area contributed by atoms with E-state index in [0.717, 1.165) is 19.3 Å². The van der Waals surface area contributed by atoms with Gasteiger partial charge in [-0.05, 0) is 61.2 Å². The molecule has 35 heavy (non-hydrogen) atoms. The molecule has 2 aromatic carbocycles. The second-order valence-electron chi connectivity index (χ2n) is 7.84. The van der Waals surface area contributed by atoms with Crippen LogP contribution in [0.5, 0.6) is 11.5 Å². The summed E-state index contributed by atoms with van der Waals surface area (Å²) in [6.45, 7) is 6.75. The third-order valence-electron chi connectivity index (χ3n) is 5.23. The van der Waals surface area contributed by atoms with Crippen molar-refractivity contribution in [1.29, 1.82) is 0 Å². The van der Waals surface area contributed by atoms with E-state index in [0.29, 0.717) is 39.4 Å². The Morgan fingerprint density at radius 3 is 2.57 bits per heavy atom. The third kappa shape index (κ3) is 7.22. The van der Waals surface area contributed by atoms with Crippen LogP contribution in [0.4, 0.5) is 5.69 Å². The Kier molecular flexibility index (Phi) is 10.0. The molecule has 1 fully saturated rings. The van der Waals surface area contributed by atoms with Gasteiger partial charge in [0.05, 0.1) is 16.5 Å². The lowest BCUT2D eigenvalue weighted by atomic mass is 10.1. The van der Waals surface area contributed by atoms with Gasteiger partial charge in [0.15, 0.2) is 18.1 Å². The van der Waals surface area contributed by atoms with E-state index in [1.54, 1.807) is 23.1 Å². The predicted octanol–water partition coefficient (Wildman–Crippen LogP) is 6.32. The van der Waals surface area contributed by atoms with E-state index in [9.17, 15) is 9.59 Å². The maximum atomic E-state index is 12.8. The summed E-state index contributed by atoms with van der Waals surface area (Å²) in [7, 11) is 0. The first-order valence-corrected chi connectivity index (χ1v) is 13.2. The number of unbranched alkanes of at least 4 members (excludes halogenated alkanes) is 1. The largest absolute Gasteiger partial charge is 0.490 e. The number of aryl methyl sites for hydroxylation is 1. The normalized spacial score (nSPS) is 14.5. The molecule has 3 rings (SSSR count). The van der Waals surface area contributed by atoms with Gasteiger partial charge in [-0.2, -0.15) is 0 Å². The number of hydrogen-bond acceptors (Lipinski definition) is 6. The number of hydrogen-bond donors (Lipinski definition) is 1. The molecule has 6 nitrogen and oxygen atoms in total. The number of carbonyl (C=O) groups excluding carboxylic acids is 2. The molecule has 0 saturated carbocycles. The predicted molar refractivity (Wildman–Crippen MR) is 147 cm³/mol. The smallest absolute Gasteiger partial charge is 0.266 e. The number of thiocarbonyl (C=S) groups is 1. The molecule has 1 saturated heterocycles. The number of ether oxygens (including phenoxy) is 2. The van der Waals surface area contributed by atoms with E-state index < -0.39 is 0 Å². The zero-order valence-electron chi connectivity index (χ0n) is 20.1. The van der Waals surface area contributed by atoms with Crippen LogP contribution in [-0.4, -0.2) is 40.8 Å². The Morgan fingerprint density at radius 2 is 1.91 bits per heavy atom. The van der Waals surface area contributed by atoms with Gasteiger partial charge in [0.1, 0.15) is 4.32 Å². The summed E-state index contributed by atoms with van der Waals surface area (Å²) in [5.74, 6) is 0.254. The molecule has 0 unspecified atom stereocenters. The summed E-state index contributed by atoms with van der Waals surface area (Å²) in [6, 6.07) is 11.1. The molecule has 1 N–H and O–H groups in total. The van der Waals surface area contributed by atoms with Crippen LogP contribution in [0.2, 0.25) is 5.02 Å². The molecule has 2 aromatic rings. The van der Waals surface area contributed by atoms with E-state index in [-0.39, 0.29) is 29.2 Å². The van der Waals surface area contributed by atoms with Gasteiger partial charge in [0.2, 0.25) is 0 Å². The van der Waals surface area contributed by atoms with Crippen LogP contribution in [0, 0.1) is 0 Å². The van der Waals surface area contributed by atoms with Gasteiger partial charge in [-0.25, -0.2) is 0 Å². The molecule has 0 atom stereocenters. The summed E-state index contributed by atoms with van der Waals surface area (Å²) in [5, 5.41) is 3.09. The molecule has 0 radical (unpaired) electrons. The Hall–Kier alpha value is -2.55. The number of halogens is 1. The third-order valence-corrected chi connectivity index (χ3v) is 6.89. The van der Waals surface area contributed by atoms with Crippen molar-refractivity contribution in [3.63, 3.8) is 0 Å². The lowest BCUT2D eigenvalue weighted by Crippen LogP contribution is -2.28. The number of rotatable bonds is 11. The average molecular weight is 533 g/mol. The number of nitrogens with zero attached hydrogens (tertiary/aromatic N) is 1. The van der Waals surface area contributed by atoms with Crippen LogP contribution < -0.4 is 14.8 Å². The Morgan fingerprint density at radius 1 is 1.17 bits per heavy atom. The van der Waals surface area contributed by atoms with E-state index in [1.807, 2.05) is 31.2 Å². The Labute approximate surface area is 221 Å². The molecule has 0 aliphatic carbocycles. The zero-order chi connectivity index (χ0) is 25.4. The number of carbonyl (C=O) groups is 2. The molecule has 1 aliphatic rings. The van der Waals surface area contributed by atoms with Gasteiger partial charge < -0.3 is 14.8 Å². The lowest BCUT2D eigenvalue weighted by molar-refractivity contribution is -0.122. The minimum absolute atomic E-state index is 0.105. The van der Waals surface area contributed by atoms with Gasteiger partial charge >= 0.3 is 0 Å². The van der Waals surface area contributed by atoms with Crippen LogP contribution in [0.15, 0.2) is 41.3 Å². The van der Waals surface area contributed by atoms with Crippen molar-refractivity contribution in [3.8, 4) is 11.5 Å². The van der Waals surface area contributed by atoms with Gasteiger partial charge in [0.25, 0.3) is 11.8 Å². The highest BCUT2D eigenvalue weighted by Crippen LogP contribution is 2.39. The first-order valence-electron chi connectivity index (χ1n) is 11.6. The molecule has 0 aromatic heterocycles. The molecule has 9 heteroatoms. The van der Waals surface area contributed by atoms with Gasteiger partial charge in [-0.15, -0.1) is 0 Å². The van der Waals surface area contributed by atoms with Crippen LogP contribution in [0.25, 0.3) is 6.08 Å². The molecule has 1 aliphatic heterocycles. The quantitative estimate of drug-likeness (QED) is 0.270. The van der Waals surface area contributed by atoms with E-state index >= 15 is 0 Å². The lowest BCUT2D eigenvalue weighted by Gasteiger charge is -2.15. The molecule has 186 valence electrons. The van der Waals surface area contributed by atoms with E-state index in [2.05, 4.69) is 19.2 Å². The minimum atomic E-state index is -0.312. The topological polar surface area (TPSA) is 67.9 Å². The molecule has 2 amide bonds. The van der Waals surface area contributed by atoms with Crippen molar-refractivity contribution in [3.05, 3.63) is 57.5 Å². The van der Waals surface area contributed by atoms with Crippen molar-refractivity contribution in [2.45, 2.75) is 40.0 Å².